The Morgan fingerprint density at radius 3 is 2.65 bits per heavy atom. The maximum Gasteiger partial charge on any atom is 0.221 e. The Balaban J connectivity index is 2.30. The predicted molar refractivity (Wildman–Crippen MR) is 66.5 cm³/mol. The Hall–Kier alpha value is -2.23. The quantitative estimate of drug-likeness (QED) is 0.857. The average Bonchev–Trinajstić information content (AvgIpc) is 2.30. The molecule has 0 atom stereocenters. The second kappa shape index (κ2) is 4.74. The lowest BCUT2D eigenvalue weighted by Gasteiger charge is -2.05. The van der Waals surface area contributed by atoms with Crippen molar-refractivity contribution in [3.8, 4) is 11.3 Å². The third-order valence-electron chi connectivity index (χ3n) is 2.37. The number of anilines is 1. The van der Waals surface area contributed by atoms with Gasteiger partial charge in [0, 0.05) is 24.4 Å². The molecule has 4 heteroatoms. The number of hydrogen-bond donors (Lipinski definition) is 1. The van der Waals surface area contributed by atoms with Gasteiger partial charge in [-0.1, -0.05) is 0 Å². The summed E-state index contributed by atoms with van der Waals surface area (Å²) >= 11 is 0. The molecule has 17 heavy (non-hydrogen) atoms. The van der Waals surface area contributed by atoms with Gasteiger partial charge in [-0.3, -0.25) is 14.8 Å². The molecule has 0 spiro atoms. The van der Waals surface area contributed by atoms with Crippen molar-refractivity contribution in [3.05, 3.63) is 42.4 Å². The fourth-order valence-corrected chi connectivity index (χ4v) is 1.59. The fraction of sp³-hybridized carbons (Fsp3) is 0.154. The average molecular weight is 227 g/mol. The zero-order valence-corrected chi connectivity index (χ0v) is 9.77. The van der Waals surface area contributed by atoms with Gasteiger partial charge in [0.15, 0.2) is 0 Å². The summed E-state index contributed by atoms with van der Waals surface area (Å²) in [5.74, 6) is -0.0999. The fourth-order valence-electron chi connectivity index (χ4n) is 1.59. The van der Waals surface area contributed by atoms with Crippen molar-refractivity contribution < 1.29 is 4.79 Å². The van der Waals surface area contributed by atoms with Crippen molar-refractivity contribution in [2.45, 2.75) is 13.8 Å². The molecular weight excluding hydrogens is 214 g/mol. The molecule has 0 radical (unpaired) electrons. The van der Waals surface area contributed by atoms with Crippen LogP contribution >= 0.6 is 0 Å². The summed E-state index contributed by atoms with van der Waals surface area (Å²) in [7, 11) is 0. The van der Waals surface area contributed by atoms with Crippen LogP contribution in [0.25, 0.3) is 11.3 Å². The van der Waals surface area contributed by atoms with Gasteiger partial charge in [-0.25, -0.2) is 0 Å². The molecule has 0 aromatic carbocycles. The van der Waals surface area contributed by atoms with Gasteiger partial charge in [0.25, 0.3) is 0 Å². The van der Waals surface area contributed by atoms with Crippen LogP contribution < -0.4 is 5.32 Å². The first-order chi connectivity index (χ1) is 8.16. The SMILES string of the molecule is CC(=O)Nc1ccc(-c2cccnc2C)nc1. The van der Waals surface area contributed by atoms with Crippen LogP contribution in [0.3, 0.4) is 0 Å². The molecule has 0 fully saturated rings. The van der Waals surface area contributed by atoms with Gasteiger partial charge < -0.3 is 5.32 Å². The second-order valence-electron chi connectivity index (χ2n) is 3.75. The number of nitrogens with zero attached hydrogens (tertiary/aromatic N) is 2. The summed E-state index contributed by atoms with van der Waals surface area (Å²) in [5.41, 5.74) is 3.49. The maximum atomic E-state index is 10.9. The minimum absolute atomic E-state index is 0.0999. The van der Waals surface area contributed by atoms with Gasteiger partial charge in [-0.15, -0.1) is 0 Å². The summed E-state index contributed by atoms with van der Waals surface area (Å²) in [4.78, 5) is 19.4. The van der Waals surface area contributed by atoms with Crippen molar-refractivity contribution in [1.82, 2.24) is 9.97 Å². The number of nitrogens with one attached hydrogen (secondary N) is 1. The zero-order chi connectivity index (χ0) is 12.3. The highest BCUT2D eigenvalue weighted by atomic mass is 16.1. The molecule has 2 heterocycles. The molecule has 0 aliphatic carbocycles. The van der Waals surface area contributed by atoms with Gasteiger partial charge in [0.1, 0.15) is 0 Å². The van der Waals surface area contributed by atoms with E-state index in [-0.39, 0.29) is 5.91 Å². The molecule has 2 rings (SSSR count). The molecule has 1 N–H and O–H groups in total. The van der Waals surface area contributed by atoms with Crippen LogP contribution in [-0.2, 0) is 4.79 Å². The first-order valence-electron chi connectivity index (χ1n) is 5.32. The lowest BCUT2D eigenvalue weighted by atomic mass is 10.1. The van der Waals surface area contributed by atoms with Gasteiger partial charge >= 0.3 is 0 Å². The largest absolute Gasteiger partial charge is 0.325 e. The van der Waals surface area contributed by atoms with Crippen molar-refractivity contribution >= 4 is 11.6 Å². The van der Waals surface area contributed by atoms with Crippen LogP contribution in [-0.4, -0.2) is 15.9 Å². The van der Waals surface area contributed by atoms with E-state index in [1.807, 2.05) is 31.2 Å². The maximum absolute atomic E-state index is 10.9. The number of rotatable bonds is 2. The van der Waals surface area contributed by atoms with Crippen LogP contribution in [0.1, 0.15) is 12.6 Å². The minimum Gasteiger partial charge on any atom is -0.325 e. The number of pyridine rings is 2. The Morgan fingerprint density at radius 2 is 2.06 bits per heavy atom. The topological polar surface area (TPSA) is 54.9 Å². The Bertz CT molecular complexity index is 535. The normalized spacial score (nSPS) is 10.0. The van der Waals surface area contributed by atoms with E-state index in [4.69, 9.17) is 0 Å². The van der Waals surface area contributed by atoms with E-state index in [2.05, 4.69) is 15.3 Å². The molecule has 1 amide bonds. The number of hydrogen-bond acceptors (Lipinski definition) is 3. The number of aryl methyl sites for hydroxylation is 1. The van der Waals surface area contributed by atoms with E-state index in [1.54, 1.807) is 12.4 Å². The number of aromatic nitrogens is 2. The molecule has 86 valence electrons. The molecular formula is C13H13N3O. The van der Waals surface area contributed by atoms with Crippen molar-refractivity contribution in [2.24, 2.45) is 0 Å². The Morgan fingerprint density at radius 1 is 1.24 bits per heavy atom. The van der Waals surface area contributed by atoms with E-state index < -0.39 is 0 Å². The summed E-state index contributed by atoms with van der Waals surface area (Å²) in [6.07, 6.45) is 3.40. The number of amides is 1. The molecule has 0 saturated carbocycles. The first kappa shape index (κ1) is 11.3. The van der Waals surface area contributed by atoms with Crippen LogP contribution in [0.5, 0.6) is 0 Å². The summed E-state index contributed by atoms with van der Waals surface area (Å²) in [6.45, 7) is 3.41. The van der Waals surface area contributed by atoms with Gasteiger partial charge in [-0.2, -0.15) is 0 Å². The van der Waals surface area contributed by atoms with Crippen molar-refractivity contribution in [1.29, 1.82) is 0 Å². The minimum atomic E-state index is -0.0999. The van der Waals surface area contributed by atoms with Crippen LogP contribution in [0.2, 0.25) is 0 Å². The summed E-state index contributed by atoms with van der Waals surface area (Å²) in [5, 5.41) is 2.68. The van der Waals surface area contributed by atoms with Gasteiger partial charge in [0.2, 0.25) is 5.91 Å². The number of carbonyl (C=O) groups is 1. The van der Waals surface area contributed by atoms with Crippen LogP contribution in [0, 0.1) is 6.92 Å². The Labute approximate surface area is 99.7 Å². The highest BCUT2D eigenvalue weighted by Crippen LogP contribution is 2.20. The third kappa shape index (κ3) is 2.66. The summed E-state index contributed by atoms with van der Waals surface area (Å²) < 4.78 is 0. The standard InChI is InChI=1S/C13H13N3O/c1-9-12(4-3-7-14-9)13-6-5-11(8-15-13)16-10(2)17/h3-8H,1-2H3,(H,16,17). The molecule has 0 aliphatic rings. The van der Waals surface area contributed by atoms with E-state index in [9.17, 15) is 4.79 Å². The van der Waals surface area contributed by atoms with Crippen LogP contribution in [0.4, 0.5) is 5.69 Å². The first-order valence-corrected chi connectivity index (χ1v) is 5.32. The molecule has 0 saturated heterocycles. The molecule has 0 unspecified atom stereocenters. The Kier molecular flexibility index (Phi) is 3.14. The predicted octanol–water partition coefficient (Wildman–Crippen LogP) is 2.41. The molecule has 2 aromatic heterocycles. The smallest absolute Gasteiger partial charge is 0.221 e. The van der Waals surface area contributed by atoms with Gasteiger partial charge in [-0.05, 0) is 31.2 Å². The monoisotopic (exact) mass is 227 g/mol. The van der Waals surface area contributed by atoms with Gasteiger partial charge in [0.05, 0.1) is 17.6 Å². The second-order valence-corrected chi connectivity index (χ2v) is 3.75. The molecule has 4 nitrogen and oxygen atoms in total. The van der Waals surface area contributed by atoms with Crippen molar-refractivity contribution in [3.63, 3.8) is 0 Å². The molecule has 0 bridgehead atoms. The van der Waals surface area contributed by atoms with Crippen molar-refractivity contribution in [2.75, 3.05) is 5.32 Å². The van der Waals surface area contributed by atoms with E-state index in [1.165, 1.54) is 6.92 Å². The third-order valence-corrected chi connectivity index (χ3v) is 2.37. The van der Waals surface area contributed by atoms with E-state index in [0.717, 1.165) is 17.0 Å². The lowest BCUT2D eigenvalue weighted by Crippen LogP contribution is -2.05. The highest BCUT2D eigenvalue weighted by molar-refractivity contribution is 5.88. The highest BCUT2D eigenvalue weighted by Gasteiger charge is 2.03. The summed E-state index contributed by atoms with van der Waals surface area (Å²) in [6, 6.07) is 7.56. The molecule has 2 aromatic rings. The van der Waals surface area contributed by atoms with Crippen LogP contribution in [0.15, 0.2) is 36.7 Å². The van der Waals surface area contributed by atoms with E-state index in [0.29, 0.717) is 5.69 Å². The molecule has 0 aliphatic heterocycles. The zero-order valence-electron chi connectivity index (χ0n) is 9.77. The van der Waals surface area contributed by atoms with E-state index >= 15 is 0 Å². The number of carbonyl (C=O) groups excluding carboxylic acids is 1. The lowest BCUT2D eigenvalue weighted by molar-refractivity contribution is -0.114.